The second-order valence-corrected chi connectivity index (χ2v) is 6.03. The second kappa shape index (κ2) is 6.89. The van der Waals surface area contributed by atoms with Gasteiger partial charge in [0.2, 0.25) is 0 Å². The van der Waals surface area contributed by atoms with Gasteiger partial charge in [0, 0.05) is 6.42 Å². The number of aromatic nitrogens is 2. The van der Waals surface area contributed by atoms with E-state index in [-0.39, 0.29) is 5.56 Å². The topological polar surface area (TPSA) is 81.2 Å². The highest BCUT2D eigenvalue weighted by atomic mass is 16.4. The minimum Gasteiger partial charge on any atom is -0.478 e. The van der Waals surface area contributed by atoms with Crippen molar-refractivity contribution in [3.8, 4) is 0 Å². The number of fused-ring (bicyclic) bond motifs is 1. The Bertz CT molecular complexity index is 651. The van der Waals surface area contributed by atoms with Gasteiger partial charge < -0.3 is 15.4 Å². The number of rotatable bonds is 7. The fourth-order valence-corrected chi connectivity index (χ4v) is 2.67. The Kier molecular flexibility index (Phi) is 5.15. The number of hydrogen-bond donors (Lipinski definition) is 3. The number of imidazole rings is 1. The lowest BCUT2D eigenvalue weighted by molar-refractivity contribution is 0.0697. The molecule has 0 amide bonds. The SMILES string of the molecule is CN[C@@H](C[C@H](C)Cc1nc2cc(C(=O)O)ccc2[nH]1)N(C)C. The van der Waals surface area contributed by atoms with E-state index in [9.17, 15) is 4.79 Å². The van der Waals surface area contributed by atoms with Crippen LogP contribution in [0.25, 0.3) is 11.0 Å². The maximum absolute atomic E-state index is 11.0. The average Bonchev–Trinajstić information content (AvgIpc) is 2.85. The van der Waals surface area contributed by atoms with Gasteiger partial charge in [-0.05, 0) is 51.7 Å². The minimum atomic E-state index is -0.928. The van der Waals surface area contributed by atoms with Crippen LogP contribution >= 0.6 is 0 Å². The molecule has 6 nitrogen and oxygen atoms in total. The third-order valence-electron chi connectivity index (χ3n) is 3.90. The highest BCUT2D eigenvalue weighted by Crippen LogP contribution is 2.18. The van der Waals surface area contributed by atoms with Gasteiger partial charge in [0.1, 0.15) is 5.82 Å². The molecule has 0 saturated carbocycles. The number of nitrogens with one attached hydrogen (secondary N) is 2. The highest BCUT2D eigenvalue weighted by Gasteiger charge is 2.15. The molecule has 0 spiro atoms. The van der Waals surface area contributed by atoms with Crippen molar-refractivity contribution in [2.75, 3.05) is 21.1 Å². The van der Waals surface area contributed by atoms with Crippen molar-refractivity contribution >= 4 is 17.0 Å². The average molecular weight is 304 g/mol. The zero-order valence-electron chi connectivity index (χ0n) is 13.6. The van der Waals surface area contributed by atoms with E-state index in [4.69, 9.17) is 5.11 Å². The smallest absolute Gasteiger partial charge is 0.335 e. The van der Waals surface area contributed by atoms with Crippen molar-refractivity contribution < 1.29 is 9.90 Å². The summed E-state index contributed by atoms with van der Waals surface area (Å²) in [4.78, 5) is 21.0. The van der Waals surface area contributed by atoms with Gasteiger partial charge in [-0.2, -0.15) is 0 Å². The lowest BCUT2D eigenvalue weighted by atomic mass is 10.0. The molecular weight excluding hydrogens is 280 g/mol. The number of carboxylic acids is 1. The van der Waals surface area contributed by atoms with Gasteiger partial charge in [-0.25, -0.2) is 9.78 Å². The number of hydrogen-bond acceptors (Lipinski definition) is 4. The van der Waals surface area contributed by atoms with Gasteiger partial charge in [0.25, 0.3) is 0 Å². The van der Waals surface area contributed by atoms with Crippen LogP contribution in [0.15, 0.2) is 18.2 Å². The predicted octanol–water partition coefficient (Wildman–Crippen LogP) is 1.94. The number of nitrogens with zero attached hydrogens (tertiary/aromatic N) is 2. The molecule has 6 heteroatoms. The van der Waals surface area contributed by atoms with Gasteiger partial charge in [0.05, 0.1) is 22.8 Å². The summed E-state index contributed by atoms with van der Waals surface area (Å²) in [6.45, 7) is 2.20. The molecule has 1 aromatic heterocycles. The Morgan fingerprint density at radius 2 is 2.18 bits per heavy atom. The zero-order chi connectivity index (χ0) is 16.3. The Balaban J connectivity index is 2.09. The first-order valence-electron chi connectivity index (χ1n) is 7.46. The second-order valence-electron chi connectivity index (χ2n) is 6.03. The molecule has 0 unspecified atom stereocenters. The molecule has 0 radical (unpaired) electrons. The first-order valence-corrected chi connectivity index (χ1v) is 7.46. The maximum Gasteiger partial charge on any atom is 0.335 e. The van der Waals surface area contributed by atoms with Crippen molar-refractivity contribution in [3.05, 3.63) is 29.6 Å². The van der Waals surface area contributed by atoms with Crippen LogP contribution in [0.1, 0.15) is 29.5 Å². The van der Waals surface area contributed by atoms with Gasteiger partial charge in [-0.15, -0.1) is 0 Å². The van der Waals surface area contributed by atoms with E-state index in [1.807, 2.05) is 7.05 Å². The molecule has 0 aliphatic carbocycles. The van der Waals surface area contributed by atoms with Crippen molar-refractivity contribution in [1.82, 2.24) is 20.2 Å². The summed E-state index contributed by atoms with van der Waals surface area (Å²) in [7, 11) is 6.08. The Morgan fingerprint density at radius 1 is 1.45 bits per heavy atom. The van der Waals surface area contributed by atoms with Gasteiger partial charge in [0.15, 0.2) is 0 Å². The standard InChI is InChI=1S/C16H24N4O2/c1-10(8-15(17-2)20(3)4)7-14-18-12-6-5-11(16(21)22)9-13(12)19-14/h5-6,9-10,15,17H,7-8H2,1-4H3,(H,18,19)(H,21,22)/t10-,15-/m1/s1. The summed E-state index contributed by atoms with van der Waals surface area (Å²) in [5.74, 6) is 0.431. The van der Waals surface area contributed by atoms with Crippen LogP contribution in [0, 0.1) is 5.92 Å². The fraction of sp³-hybridized carbons (Fsp3) is 0.500. The lowest BCUT2D eigenvalue weighted by Crippen LogP contribution is -2.40. The molecule has 3 N–H and O–H groups in total. The first-order chi connectivity index (χ1) is 10.4. The van der Waals surface area contributed by atoms with Gasteiger partial charge >= 0.3 is 5.97 Å². The molecule has 0 aliphatic heterocycles. The van der Waals surface area contributed by atoms with Crippen LogP contribution in [0.3, 0.4) is 0 Å². The summed E-state index contributed by atoms with van der Waals surface area (Å²) in [6, 6.07) is 4.98. The largest absolute Gasteiger partial charge is 0.478 e. The minimum absolute atomic E-state index is 0.265. The van der Waals surface area contributed by atoms with Crippen molar-refractivity contribution in [1.29, 1.82) is 0 Å². The number of carboxylic acid groups (broad SMARTS) is 1. The van der Waals surface area contributed by atoms with Crippen LogP contribution in [0.4, 0.5) is 0 Å². The van der Waals surface area contributed by atoms with E-state index in [2.05, 4.69) is 41.2 Å². The highest BCUT2D eigenvalue weighted by molar-refractivity contribution is 5.92. The van der Waals surface area contributed by atoms with Crippen molar-refractivity contribution in [2.45, 2.75) is 25.9 Å². The van der Waals surface area contributed by atoms with Gasteiger partial charge in [-0.3, -0.25) is 4.90 Å². The number of aromatic carboxylic acids is 1. The molecule has 0 aliphatic rings. The summed E-state index contributed by atoms with van der Waals surface area (Å²) < 4.78 is 0. The number of H-pyrrole nitrogens is 1. The van der Waals surface area contributed by atoms with Crippen molar-refractivity contribution in [3.63, 3.8) is 0 Å². The van der Waals surface area contributed by atoms with E-state index in [0.29, 0.717) is 17.6 Å². The maximum atomic E-state index is 11.0. The van der Waals surface area contributed by atoms with Crippen LogP contribution in [0.2, 0.25) is 0 Å². The molecule has 0 bridgehead atoms. The first kappa shape index (κ1) is 16.5. The Labute approximate surface area is 130 Å². The third kappa shape index (κ3) is 3.84. The molecule has 0 saturated heterocycles. The molecule has 1 heterocycles. The molecule has 120 valence electrons. The lowest BCUT2D eigenvalue weighted by Gasteiger charge is -2.26. The number of carbonyl (C=O) groups is 1. The van der Waals surface area contributed by atoms with Crippen LogP contribution in [-0.2, 0) is 6.42 Å². The fourth-order valence-electron chi connectivity index (χ4n) is 2.67. The van der Waals surface area contributed by atoms with Crippen LogP contribution in [0.5, 0.6) is 0 Å². The van der Waals surface area contributed by atoms with Crippen LogP contribution < -0.4 is 5.32 Å². The number of benzene rings is 1. The molecule has 2 atom stereocenters. The third-order valence-corrected chi connectivity index (χ3v) is 3.90. The number of aromatic amines is 1. The van der Waals surface area contributed by atoms with E-state index in [1.54, 1.807) is 18.2 Å². The van der Waals surface area contributed by atoms with Gasteiger partial charge in [-0.1, -0.05) is 6.92 Å². The molecule has 2 aromatic rings. The van der Waals surface area contributed by atoms with Crippen molar-refractivity contribution in [2.24, 2.45) is 5.92 Å². The Hall–Kier alpha value is -1.92. The predicted molar refractivity (Wildman–Crippen MR) is 87.1 cm³/mol. The quantitative estimate of drug-likeness (QED) is 0.681. The summed E-state index contributed by atoms with van der Waals surface area (Å²) in [6.07, 6.45) is 2.18. The molecular formula is C16H24N4O2. The molecule has 2 rings (SSSR count). The molecule has 22 heavy (non-hydrogen) atoms. The molecule has 1 aromatic carbocycles. The summed E-state index contributed by atoms with van der Waals surface area (Å²) in [5, 5.41) is 12.3. The molecule has 0 fully saturated rings. The van der Waals surface area contributed by atoms with E-state index in [0.717, 1.165) is 24.2 Å². The summed E-state index contributed by atoms with van der Waals surface area (Å²) in [5.41, 5.74) is 1.85. The van der Waals surface area contributed by atoms with E-state index in [1.165, 1.54) is 0 Å². The zero-order valence-corrected chi connectivity index (χ0v) is 13.6. The normalized spacial score (nSPS) is 14.4. The summed E-state index contributed by atoms with van der Waals surface area (Å²) >= 11 is 0. The van der Waals surface area contributed by atoms with Crippen LogP contribution in [-0.4, -0.2) is 53.3 Å². The van der Waals surface area contributed by atoms with E-state index < -0.39 is 5.97 Å². The van der Waals surface area contributed by atoms with E-state index >= 15 is 0 Å². The Morgan fingerprint density at radius 3 is 2.77 bits per heavy atom. The monoisotopic (exact) mass is 304 g/mol.